The normalized spacial score (nSPS) is 34.2. The lowest BCUT2D eigenvalue weighted by molar-refractivity contribution is -0.0239. The Morgan fingerprint density at radius 1 is 1.24 bits per heavy atom. The molecule has 1 aliphatic heterocycles. The van der Waals surface area contributed by atoms with Gasteiger partial charge in [-0.2, -0.15) is 0 Å². The summed E-state index contributed by atoms with van der Waals surface area (Å²) in [6.45, 7) is 4.48. The molecule has 0 aromatic heterocycles. The number of piperidine rings is 1. The van der Waals surface area contributed by atoms with Gasteiger partial charge in [-0.1, -0.05) is 31.2 Å². The summed E-state index contributed by atoms with van der Waals surface area (Å²) in [6.07, 6.45) is 5.16. The minimum Gasteiger partial charge on any atom is -0.380 e. The van der Waals surface area contributed by atoms with E-state index >= 15 is 0 Å². The fourth-order valence-corrected chi connectivity index (χ4v) is 4.05. The number of hydrogen-bond acceptors (Lipinski definition) is 3. The summed E-state index contributed by atoms with van der Waals surface area (Å²) in [5.41, 5.74) is 9.46. The summed E-state index contributed by atoms with van der Waals surface area (Å²) in [5.74, 6) is 0.653. The zero-order valence-electron chi connectivity index (χ0n) is 13.3. The Balaban J connectivity index is 1.79. The number of rotatable bonds is 2. The lowest BCUT2D eigenvalue weighted by atomic mass is 9.90. The highest BCUT2D eigenvalue weighted by atomic mass is 16.5. The molecule has 21 heavy (non-hydrogen) atoms. The number of nitrogens with two attached hydrogens (primary N) is 1. The smallest absolute Gasteiger partial charge is 0.0724 e. The van der Waals surface area contributed by atoms with Crippen molar-refractivity contribution in [2.45, 2.75) is 50.8 Å². The van der Waals surface area contributed by atoms with Crippen molar-refractivity contribution in [2.24, 2.45) is 11.7 Å². The number of methoxy groups -OCH3 is 1. The standard InChI is InChI=1S/C18H28N2O/c1-13-10-11-20(12-17(13)21-2)16-9-5-7-14-6-3-4-8-15(14)18(16)19/h3-4,6,8,13,16-18H,5,7,9-12,19H2,1-2H3. The highest BCUT2D eigenvalue weighted by Gasteiger charge is 2.34. The second-order valence-electron chi connectivity index (χ2n) is 6.72. The van der Waals surface area contributed by atoms with Crippen molar-refractivity contribution in [2.75, 3.05) is 20.2 Å². The molecule has 1 aromatic carbocycles. The molecule has 0 amide bonds. The molecule has 3 rings (SSSR count). The van der Waals surface area contributed by atoms with E-state index in [0.29, 0.717) is 18.1 Å². The van der Waals surface area contributed by atoms with Crippen molar-refractivity contribution >= 4 is 0 Å². The molecule has 1 aromatic rings. The van der Waals surface area contributed by atoms with Gasteiger partial charge in [0, 0.05) is 25.7 Å². The Morgan fingerprint density at radius 2 is 2.05 bits per heavy atom. The van der Waals surface area contributed by atoms with Gasteiger partial charge in [0.25, 0.3) is 0 Å². The lowest BCUT2D eigenvalue weighted by Crippen LogP contribution is -2.51. The van der Waals surface area contributed by atoms with Crippen molar-refractivity contribution in [1.29, 1.82) is 0 Å². The van der Waals surface area contributed by atoms with Crippen LogP contribution in [0, 0.1) is 5.92 Å². The third-order valence-electron chi connectivity index (χ3n) is 5.47. The van der Waals surface area contributed by atoms with Gasteiger partial charge in [-0.15, -0.1) is 0 Å². The molecule has 0 saturated carbocycles. The third-order valence-corrected chi connectivity index (χ3v) is 5.47. The number of nitrogens with zero attached hydrogens (tertiary/aromatic N) is 1. The van der Waals surface area contributed by atoms with Crippen LogP contribution in [0.15, 0.2) is 24.3 Å². The summed E-state index contributed by atoms with van der Waals surface area (Å²) < 4.78 is 5.68. The molecule has 116 valence electrons. The molecule has 0 bridgehead atoms. The van der Waals surface area contributed by atoms with Crippen molar-refractivity contribution in [3.8, 4) is 0 Å². The number of aryl methyl sites for hydroxylation is 1. The van der Waals surface area contributed by atoms with Crippen LogP contribution in [0.25, 0.3) is 0 Å². The number of hydrogen-bond donors (Lipinski definition) is 1. The average Bonchev–Trinajstić information content (AvgIpc) is 2.68. The number of ether oxygens (including phenoxy) is 1. The Bertz CT molecular complexity index is 476. The second kappa shape index (κ2) is 6.47. The van der Waals surface area contributed by atoms with E-state index in [9.17, 15) is 0 Å². The van der Waals surface area contributed by atoms with E-state index in [1.54, 1.807) is 0 Å². The van der Waals surface area contributed by atoms with Gasteiger partial charge in [0.2, 0.25) is 0 Å². The van der Waals surface area contributed by atoms with Crippen LogP contribution in [0.3, 0.4) is 0 Å². The van der Waals surface area contributed by atoms with E-state index in [0.717, 1.165) is 13.1 Å². The molecule has 1 aliphatic carbocycles. The van der Waals surface area contributed by atoms with E-state index in [1.807, 2.05) is 7.11 Å². The van der Waals surface area contributed by atoms with Crippen molar-refractivity contribution in [1.82, 2.24) is 4.90 Å². The first kappa shape index (κ1) is 15.0. The molecular formula is C18H28N2O. The minimum atomic E-state index is 0.134. The highest BCUT2D eigenvalue weighted by molar-refractivity contribution is 5.32. The molecule has 0 spiro atoms. The van der Waals surface area contributed by atoms with E-state index in [2.05, 4.69) is 36.1 Å². The zero-order valence-corrected chi connectivity index (χ0v) is 13.3. The molecule has 2 N–H and O–H groups in total. The second-order valence-corrected chi connectivity index (χ2v) is 6.72. The van der Waals surface area contributed by atoms with Gasteiger partial charge in [0.15, 0.2) is 0 Å². The first-order valence-electron chi connectivity index (χ1n) is 8.31. The van der Waals surface area contributed by atoms with E-state index in [4.69, 9.17) is 10.5 Å². The van der Waals surface area contributed by atoms with Gasteiger partial charge in [-0.25, -0.2) is 0 Å². The quantitative estimate of drug-likeness (QED) is 0.851. The average molecular weight is 288 g/mol. The molecule has 3 heteroatoms. The maximum atomic E-state index is 6.66. The fraction of sp³-hybridized carbons (Fsp3) is 0.667. The van der Waals surface area contributed by atoms with Gasteiger partial charge >= 0.3 is 0 Å². The first-order valence-corrected chi connectivity index (χ1v) is 8.31. The van der Waals surface area contributed by atoms with Crippen molar-refractivity contribution in [3.05, 3.63) is 35.4 Å². The molecule has 4 atom stereocenters. The predicted octanol–water partition coefficient (Wildman–Crippen LogP) is 2.75. The largest absolute Gasteiger partial charge is 0.380 e. The molecule has 4 unspecified atom stereocenters. The maximum Gasteiger partial charge on any atom is 0.0724 e. The van der Waals surface area contributed by atoms with Crippen LogP contribution in [-0.2, 0) is 11.2 Å². The Morgan fingerprint density at radius 3 is 2.86 bits per heavy atom. The third kappa shape index (κ3) is 3.01. The van der Waals surface area contributed by atoms with Crippen LogP contribution in [0.4, 0.5) is 0 Å². The lowest BCUT2D eigenvalue weighted by Gasteiger charge is -2.42. The molecular weight excluding hydrogens is 260 g/mol. The van der Waals surface area contributed by atoms with Gasteiger partial charge in [-0.05, 0) is 49.3 Å². The summed E-state index contributed by atoms with van der Waals surface area (Å²) >= 11 is 0. The van der Waals surface area contributed by atoms with Gasteiger partial charge in [-0.3, -0.25) is 4.90 Å². The number of fused-ring (bicyclic) bond motifs is 1. The Kier molecular flexibility index (Phi) is 4.63. The molecule has 2 aliphatic rings. The van der Waals surface area contributed by atoms with E-state index < -0.39 is 0 Å². The molecule has 1 heterocycles. The summed E-state index contributed by atoms with van der Waals surface area (Å²) in [4.78, 5) is 2.58. The van der Waals surface area contributed by atoms with Gasteiger partial charge in [0.1, 0.15) is 0 Å². The van der Waals surface area contributed by atoms with E-state index in [1.165, 1.54) is 36.8 Å². The van der Waals surface area contributed by atoms with Gasteiger partial charge < -0.3 is 10.5 Å². The molecule has 1 fully saturated rings. The fourth-order valence-electron chi connectivity index (χ4n) is 4.05. The topological polar surface area (TPSA) is 38.5 Å². The number of likely N-dealkylation sites (tertiary alicyclic amines) is 1. The van der Waals surface area contributed by atoms with E-state index in [-0.39, 0.29) is 6.04 Å². The monoisotopic (exact) mass is 288 g/mol. The first-order chi connectivity index (χ1) is 10.2. The maximum absolute atomic E-state index is 6.66. The molecule has 3 nitrogen and oxygen atoms in total. The van der Waals surface area contributed by atoms with Crippen LogP contribution in [0.1, 0.15) is 43.4 Å². The SMILES string of the molecule is COC1CN(C2CCCc3ccccc3C2N)CCC1C. The van der Waals surface area contributed by atoms with Crippen LogP contribution in [-0.4, -0.2) is 37.2 Å². The Hall–Kier alpha value is -0.900. The van der Waals surface area contributed by atoms with Crippen LogP contribution < -0.4 is 5.73 Å². The minimum absolute atomic E-state index is 0.134. The molecule has 1 saturated heterocycles. The summed E-state index contributed by atoms with van der Waals surface area (Å²) in [7, 11) is 1.84. The molecule has 0 radical (unpaired) electrons. The predicted molar refractivity (Wildman–Crippen MR) is 86.2 cm³/mol. The van der Waals surface area contributed by atoms with Crippen LogP contribution >= 0.6 is 0 Å². The number of benzene rings is 1. The van der Waals surface area contributed by atoms with Crippen LogP contribution in [0.5, 0.6) is 0 Å². The van der Waals surface area contributed by atoms with Crippen LogP contribution in [0.2, 0.25) is 0 Å². The summed E-state index contributed by atoms with van der Waals surface area (Å²) in [6, 6.07) is 9.31. The highest BCUT2D eigenvalue weighted by Crippen LogP contribution is 2.32. The van der Waals surface area contributed by atoms with Crippen molar-refractivity contribution in [3.63, 3.8) is 0 Å². The zero-order chi connectivity index (χ0) is 14.8. The Labute approximate surface area is 128 Å². The summed E-state index contributed by atoms with van der Waals surface area (Å²) in [5, 5.41) is 0. The van der Waals surface area contributed by atoms with Gasteiger partial charge in [0.05, 0.1) is 6.10 Å². The van der Waals surface area contributed by atoms with Crippen molar-refractivity contribution < 1.29 is 4.74 Å².